The molecule has 2 aromatic carbocycles. The van der Waals surface area contributed by atoms with Crippen LogP contribution in [-0.4, -0.2) is 16.8 Å². The number of hydrogen-bond acceptors (Lipinski definition) is 4. The molecule has 6 nitrogen and oxygen atoms in total. The van der Waals surface area contributed by atoms with Gasteiger partial charge >= 0.3 is 6.18 Å². The normalized spacial score (nSPS) is 11.2. The topological polar surface area (TPSA) is 98.2 Å². The Labute approximate surface area is 150 Å². The summed E-state index contributed by atoms with van der Waals surface area (Å²) in [5, 5.41) is 2.42. The summed E-state index contributed by atoms with van der Waals surface area (Å²) in [5.41, 5.74) is 3.76. The highest BCUT2D eigenvalue weighted by molar-refractivity contribution is 6.10. The second-order valence-electron chi connectivity index (χ2n) is 5.44. The summed E-state index contributed by atoms with van der Waals surface area (Å²) in [7, 11) is 0. The van der Waals surface area contributed by atoms with Crippen molar-refractivity contribution in [1.29, 1.82) is 0 Å². The molecule has 0 aliphatic carbocycles. The molecule has 9 heteroatoms. The van der Waals surface area contributed by atoms with Crippen molar-refractivity contribution in [3.8, 4) is 11.3 Å². The van der Waals surface area contributed by atoms with Gasteiger partial charge in [0.1, 0.15) is 0 Å². The minimum Gasteiger partial charge on any atom is -0.443 e. The molecule has 2 amide bonds. The number of carbonyl (C=O) groups is 2. The van der Waals surface area contributed by atoms with Crippen molar-refractivity contribution in [3.63, 3.8) is 0 Å². The van der Waals surface area contributed by atoms with Gasteiger partial charge in [-0.15, -0.1) is 0 Å². The van der Waals surface area contributed by atoms with E-state index in [1.165, 1.54) is 30.3 Å². The molecule has 0 spiro atoms. The lowest BCUT2D eigenvalue weighted by Gasteiger charge is -2.12. The molecule has 0 saturated heterocycles. The van der Waals surface area contributed by atoms with Gasteiger partial charge in [-0.2, -0.15) is 13.2 Å². The van der Waals surface area contributed by atoms with Gasteiger partial charge in [-0.05, 0) is 18.2 Å². The van der Waals surface area contributed by atoms with Crippen molar-refractivity contribution in [2.45, 2.75) is 6.18 Å². The molecule has 1 aromatic heterocycles. The van der Waals surface area contributed by atoms with Crippen LogP contribution in [0.25, 0.3) is 11.3 Å². The highest BCUT2D eigenvalue weighted by Gasteiger charge is 2.35. The zero-order valence-corrected chi connectivity index (χ0v) is 13.6. The van der Waals surface area contributed by atoms with Crippen molar-refractivity contribution < 1.29 is 27.2 Å². The molecule has 0 aliphatic rings. The number of rotatable bonds is 4. The maximum atomic E-state index is 13.2. The first-order chi connectivity index (χ1) is 12.8. The van der Waals surface area contributed by atoms with Gasteiger partial charge in [0.2, 0.25) is 0 Å². The number of nitrogens with one attached hydrogen (secondary N) is 1. The fraction of sp³-hybridized carbons (Fsp3) is 0.0556. The van der Waals surface area contributed by atoms with Crippen LogP contribution >= 0.6 is 0 Å². The number of primary amides is 1. The van der Waals surface area contributed by atoms with E-state index in [1.54, 1.807) is 12.1 Å². The van der Waals surface area contributed by atoms with Gasteiger partial charge in [-0.1, -0.05) is 30.3 Å². The average molecular weight is 375 g/mol. The van der Waals surface area contributed by atoms with E-state index in [2.05, 4.69) is 10.3 Å². The van der Waals surface area contributed by atoms with Gasteiger partial charge in [0, 0.05) is 5.56 Å². The molecule has 1 heterocycles. The first kappa shape index (κ1) is 18.2. The van der Waals surface area contributed by atoms with E-state index in [-0.39, 0.29) is 28.3 Å². The number of anilines is 1. The van der Waals surface area contributed by atoms with Crippen LogP contribution in [0.15, 0.2) is 59.3 Å². The van der Waals surface area contributed by atoms with Crippen LogP contribution in [-0.2, 0) is 6.18 Å². The minimum atomic E-state index is -4.64. The lowest BCUT2D eigenvalue weighted by atomic mass is 10.0. The molecule has 0 unspecified atom stereocenters. The molecule has 0 saturated carbocycles. The molecular formula is C18H12F3N3O3. The molecule has 3 aromatic rings. The first-order valence-corrected chi connectivity index (χ1v) is 7.59. The molecule has 138 valence electrons. The summed E-state index contributed by atoms with van der Waals surface area (Å²) in [6, 6.07) is 10.6. The Bertz CT molecular complexity index is 1010. The Balaban J connectivity index is 2.00. The molecule has 3 N–H and O–H groups in total. The summed E-state index contributed by atoms with van der Waals surface area (Å²) in [4.78, 5) is 27.7. The molecule has 3 rings (SSSR count). The second kappa shape index (κ2) is 6.94. The van der Waals surface area contributed by atoms with Crippen molar-refractivity contribution in [2.75, 3.05) is 5.32 Å². The predicted molar refractivity (Wildman–Crippen MR) is 89.9 cm³/mol. The zero-order chi connectivity index (χ0) is 19.6. The summed E-state index contributed by atoms with van der Waals surface area (Å²) >= 11 is 0. The number of nitrogens with zero attached hydrogens (tertiary/aromatic N) is 1. The van der Waals surface area contributed by atoms with Crippen LogP contribution in [0.3, 0.4) is 0 Å². The zero-order valence-electron chi connectivity index (χ0n) is 13.6. The Kier molecular flexibility index (Phi) is 4.68. The van der Waals surface area contributed by atoms with Crippen LogP contribution in [0.2, 0.25) is 0 Å². The first-order valence-electron chi connectivity index (χ1n) is 7.59. The average Bonchev–Trinajstić information content (AvgIpc) is 3.11. The molecule has 0 radical (unpaired) electrons. The Hall–Kier alpha value is -3.62. The fourth-order valence-electron chi connectivity index (χ4n) is 2.52. The minimum absolute atomic E-state index is 0.0478. The summed E-state index contributed by atoms with van der Waals surface area (Å²) < 4.78 is 44.8. The lowest BCUT2D eigenvalue weighted by Crippen LogP contribution is -2.19. The smallest absolute Gasteiger partial charge is 0.417 e. The third-order valence-electron chi connectivity index (χ3n) is 3.70. The Morgan fingerprint density at radius 2 is 1.70 bits per heavy atom. The van der Waals surface area contributed by atoms with E-state index in [4.69, 9.17) is 10.2 Å². The van der Waals surface area contributed by atoms with Crippen LogP contribution in [0, 0.1) is 0 Å². The summed E-state index contributed by atoms with van der Waals surface area (Å²) in [6.07, 6.45) is -3.77. The van der Waals surface area contributed by atoms with E-state index >= 15 is 0 Å². The van der Waals surface area contributed by atoms with Gasteiger partial charge < -0.3 is 15.5 Å². The maximum Gasteiger partial charge on any atom is 0.417 e. The number of benzene rings is 2. The highest BCUT2D eigenvalue weighted by Crippen LogP contribution is 2.38. The van der Waals surface area contributed by atoms with Crippen molar-refractivity contribution >= 4 is 17.5 Å². The third-order valence-corrected chi connectivity index (χ3v) is 3.70. The number of para-hydroxylation sites is 1. The van der Waals surface area contributed by atoms with Crippen LogP contribution in [0.1, 0.15) is 26.4 Å². The van der Waals surface area contributed by atoms with Gasteiger partial charge in [0.05, 0.1) is 16.8 Å². The number of alkyl halides is 3. The predicted octanol–water partition coefficient (Wildman–Crippen LogP) is 3.71. The maximum absolute atomic E-state index is 13.2. The molecule has 27 heavy (non-hydrogen) atoms. The quantitative estimate of drug-likeness (QED) is 0.726. The monoisotopic (exact) mass is 375 g/mol. The number of hydrogen-bond donors (Lipinski definition) is 2. The van der Waals surface area contributed by atoms with E-state index < -0.39 is 23.6 Å². The Morgan fingerprint density at radius 1 is 1.04 bits per heavy atom. The number of amides is 2. The highest BCUT2D eigenvalue weighted by atomic mass is 19.4. The van der Waals surface area contributed by atoms with Crippen LogP contribution in [0.4, 0.5) is 18.9 Å². The van der Waals surface area contributed by atoms with E-state index in [0.29, 0.717) is 0 Å². The number of oxazole rings is 1. The van der Waals surface area contributed by atoms with Gasteiger partial charge in [-0.3, -0.25) is 9.59 Å². The lowest BCUT2D eigenvalue weighted by molar-refractivity contribution is -0.137. The summed E-state index contributed by atoms with van der Waals surface area (Å²) in [5.74, 6) is -1.95. The third kappa shape index (κ3) is 3.66. The molecule has 0 aliphatic heterocycles. The number of carbonyl (C=O) groups excluding carboxylic acids is 2. The summed E-state index contributed by atoms with van der Waals surface area (Å²) in [6.45, 7) is 0. The van der Waals surface area contributed by atoms with Gasteiger partial charge in [-0.25, -0.2) is 4.98 Å². The molecule has 0 bridgehead atoms. The van der Waals surface area contributed by atoms with E-state index in [9.17, 15) is 22.8 Å². The van der Waals surface area contributed by atoms with Gasteiger partial charge in [0.15, 0.2) is 17.8 Å². The number of nitrogens with two attached hydrogens (primary N) is 1. The van der Waals surface area contributed by atoms with Gasteiger partial charge in [0.25, 0.3) is 11.8 Å². The Morgan fingerprint density at radius 3 is 2.41 bits per heavy atom. The van der Waals surface area contributed by atoms with Crippen molar-refractivity contribution in [3.05, 3.63) is 71.7 Å². The van der Waals surface area contributed by atoms with E-state index in [0.717, 1.165) is 12.5 Å². The van der Waals surface area contributed by atoms with E-state index in [1.807, 2.05) is 0 Å². The van der Waals surface area contributed by atoms with Crippen molar-refractivity contribution in [2.24, 2.45) is 5.73 Å². The molecule has 0 atom stereocenters. The van der Waals surface area contributed by atoms with Crippen LogP contribution < -0.4 is 11.1 Å². The standard InChI is InChI=1S/C18H12F3N3O3/c19-18(20,21)12-7-3-1-5-10(12)15-14(23-9-27-15)17(26)24-13-8-4-2-6-11(13)16(22)25/h1-9H,(H2,22,25)(H,24,26). The van der Waals surface area contributed by atoms with Crippen molar-refractivity contribution in [1.82, 2.24) is 4.98 Å². The SMILES string of the molecule is NC(=O)c1ccccc1NC(=O)c1ncoc1-c1ccccc1C(F)(F)F. The second-order valence-corrected chi connectivity index (χ2v) is 5.44. The largest absolute Gasteiger partial charge is 0.443 e. The molecular weight excluding hydrogens is 363 g/mol. The fourth-order valence-corrected chi connectivity index (χ4v) is 2.52. The number of aromatic nitrogens is 1. The number of halogens is 3. The molecule has 0 fully saturated rings. The van der Waals surface area contributed by atoms with Crippen LogP contribution in [0.5, 0.6) is 0 Å².